The molecule has 6 heteroatoms. The number of hydrogen-bond donors (Lipinski definition) is 1. The van der Waals surface area contributed by atoms with Crippen molar-refractivity contribution in [2.75, 3.05) is 18.0 Å². The van der Waals surface area contributed by atoms with Crippen molar-refractivity contribution in [3.63, 3.8) is 0 Å². The Hall–Kier alpha value is -3.15. The van der Waals surface area contributed by atoms with Crippen LogP contribution < -0.4 is 10.2 Å². The molecule has 1 aliphatic heterocycles. The average molecular weight is 352 g/mol. The highest BCUT2D eigenvalue weighted by Gasteiger charge is 2.23. The summed E-state index contributed by atoms with van der Waals surface area (Å²) >= 11 is 0. The third-order valence-corrected chi connectivity index (χ3v) is 4.25. The first kappa shape index (κ1) is 17.7. The number of hydrogen-bond acceptors (Lipinski definition) is 4. The zero-order valence-corrected chi connectivity index (χ0v) is 14.5. The fourth-order valence-corrected chi connectivity index (χ4v) is 2.91. The van der Waals surface area contributed by atoms with Gasteiger partial charge in [0, 0.05) is 24.7 Å². The minimum Gasteiger partial charge on any atom is -0.460 e. The molecular formula is C20H20N2O4. The molecule has 0 spiro atoms. The Kier molecular flexibility index (Phi) is 5.31. The van der Waals surface area contributed by atoms with Gasteiger partial charge in [0.2, 0.25) is 5.91 Å². The molecule has 2 amide bonds. The van der Waals surface area contributed by atoms with E-state index < -0.39 is 5.97 Å². The van der Waals surface area contributed by atoms with Crippen molar-refractivity contribution in [2.45, 2.75) is 20.0 Å². The van der Waals surface area contributed by atoms with Crippen molar-refractivity contribution in [1.82, 2.24) is 5.32 Å². The number of rotatable bonds is 5. The Morgan fingerprint density at radius 3 is 2.62 bits per heavy atom. The predicted molar refractivity (Wildman–Crippen MR) is 96.7 cm³/mol. The van der Waals surface area contributed by atoms with Crippen LogP contribution in [0.2, 0.25) is 0 Å². The second kappa shape index (κ2) is 7.82. The number of fused-ring (bicyclic) bond motifs is 1. The molecule has 0 radical (unpaired) electrons. The SMILES string of the molecule is CC(=O)N1CCc2cc(C(=O)NCC(=O)OCc3ccccc3)ccc21. The van der Waals surface area contributed by atoms with Gasteiger partial charge in [-0.05, 0) is 35.7 Å². The Bertz CT molecular complexity index is 833. The van der Waals surface area contributed by atoms with Crippen molar-refractivity contribution in [2.24, 2.45) is 0 Å². The summed E-state index contributed by atoms with van der Waals surface area (Å²) in [7, 11) is 0. The first-order valence-corrected chi connectivity index (χ1v) is 8.43. The van der Waals surface area contributed by atoms with Gasteiger partial charge in [0.15, 0.2) is 0 Å². The van der Waals surface area contributed by atoms with Gasteiger partial charge in [0.1, 0.15) is 13.2 Å². The number of ether oxygens (including phenoxy) is 1. The third kappa shape index (κ3) is 4.08. The van der Waals surface area contributed by atoms with Crippen LogP contribution in [0.15, 0.2) is 48.5 Å². The predicted octanol–water partition coefficient (Wildman–Crippen LogP) is 2.07. The number of carbonyl (C=O) groups excluding carboxylic acids is 3. The maximum Gasteiger partial charge on any atom is 0.325 e. The Morgan fingerprint density at radius 2 is 1.88 bits per heavy atom. The molecule has 2 aromatic carbocycles. The van der Waals surface area contributed by atoms with Crippen LogP contribution in [-0.2, 0) is 27.4 Å². The number of esters is 1. The largest absolute Gasteiger partial charge is 0.460 e. The lowest BCUT2D eigenvalue weighted by molar-refractivity contribution is -0.143. The van der Waals surface area contributed by atoms with E-state index in [0.717, 1.165) is 23.2 Å². The molecule has 0 atom stereocenters. The maximum absolute atomic E-state index is 12.2. The van der Waals surface area contributed by atoms with Crippen molar-refractivity contribution in [3.05, 3.63) is 65.2 Å². The van der Waals surface area contributed by atoms with Gasteiger partial charge in [-0.2, -0.15) is 0 Å². The molecule has 2 aromatic rings. The van der Waals surface area contributed by atoms with Crippen LogP contribution in [0, 0.1) is 0 Å². The molecule has 1 aliphatic rings. The minimum atomic E-state index is -0.494. The number of amides is 2. The Balaban J connectivity index is 1.52. The molecule has 3 rings (SSSR count). The molecule has 0 aromatic heterocycles. The second-order valence-corrected chi connectivity index (χ2v) is 6.09. The minimum absolute atomic E-state index is 0.0119. The summed E-state index contributed by atoms with van der Waals surface area (Å²) in [5, 5.41) is 2.57. The van der Waals surface area contributed by atoms with E-state index in [1.54, 1.807) is 23.1 Å². The molecule has 0 saturated heterocycles. The van der Waals surface area contributed by atoms with Crippen LogP contribution in [0.3, 0.4) is 0 Å². The van der Waals surface area contributed by atoms with Crippen LogP contribution in [0.4, 0.5) is 5.69 Å². The summed E-state index contributed by atoms with van der Waals surface area (Å²) in [4.78, 5) is 37.3. The van der Waals surface area contributed by atoms with Crippen LogP contribution in [0.5, 0.6) is 0 Å². The van der Waals surface area contributed by atoms with E-state index >= 15 is 0 Å². The molecular weight excluding hydrogens is 332 g/mol. The normalized spacial score (nSPS) is 12.4. The van der Waals surface area contributed by atoms with Gasteiger partial charge in [-0.3, -0.25) is 14.4 Å². The van der Waals surface area contributed by atoms with Gasteiger partial charge in [0.25, 0.3) is 5.91 Å². The van der Waals surface area contributed by atoms with E-state index in [2.05, 4.69) is 5.32 Å². The maximum atomic E-state index is 12.2. The fraction of sp³-hybridized carbons (Fsp3) is 0.250. The Labute approximate surface area is 151 Å². The Morgan fingerprint density at radius 1 is 1.12 bits per heavy atom. The number of nitrogens with one attached hydrogen (secondary N) is 1. The highest BCUT2D eigenvalue weighted by atomic mass is 16.5. The first-order chi connectivity index (χ1) is 12.5. The second-order valence-electron chi connectivity index (χ2n) is 6.09. The van der Waals surface area contributed by atoms with E-state index in [9.17, 15) is 14.4 Å². The van der Waals surface area contributed by atoms with E-state index in [0.29, 0.717) is 12.1 Å². The first-order valence-electron chi connectivity index (χ1n) is 8.43. The van der Waals surface area contributed by atoms with Crippen LogP contribution in [-0.4, -0.2) is 30.9 Å². The molecule has 6 nitrogen and oxygen atoms in total. The topological polar surface area (TPSA) is 75.7 Å². The van der Waals surface area contributed by atoms with Crippen LogP contribution >= 0.6 is 0 Å². The zero-order chi connectivity index (χ0) is 18.5. The summed E-state index contributed by atoms with van der Waals surface area (Å²) in [5.41, 5.74) is 3.15. The third-order valence-electron chi connectivity index (χ3n) is 4.25. The number of anilines is 1. The van der Waals surface area contributed by atoms with Crippen LogP contribution in [0.25, 0.3) is 0 Å². The molecule has 0 fully saturated rings. The van der Waals surface area contributed by atoms with Crippen molar-refractivity contribution < 1.29 is 19.1 Å². The van der Waals surface area contributed by atoms with E-state index in [4.69, 9.17) is 4.74 Å². The monoisotopic (exact) mass is 352 g/mol. The molecule has 1 N–H and O–H groups in total. The van der Waals surface area contributed by atoms with Gasteiger partial charge in [-0.15, -0.1) is 0 Å². The van der Waals surface area contributed by atoms with E-state index in [1.807, 2.05) is 30.3 Å². The van der Waals surface area contributed by atoms with E-state index in [1.165, 1.54) is 6.92 Å². The summed E-state index contributed by atoms with van der Waals surface area (Å²) < 4.78 is 5.13. The summed E-state index contributed by atoms with van der Waals surface area (Å²) in [6.45, 7) is 2.13. The molecule has 0 saturated carbocycles. The lowest BCUT2D eigenvalue weighted by Gasteiger charge is -2.14. The standard InChI is InChI=1S/C20H20N2O4/c1-14(23)22-10-9-16-11-17(7-8-18(16)22)20(25)21-12-19(24)26-13-15-5-3-2-4-6-15/h2-8,11H,9-10,12-13H2,1H3,(H,21,25). The molecule has 0 bridgehead atoms. The summed E-state index contributed by atoms with van der Waals surface area (Å²) in [6.07, 6.45) is 0.717. The summed E-state index contributed by atoms with van der Waals surface area (Å²) in [6, 6.07) is 14.5. The highest BCUT2D eigenvalue weighted by molar-refractivity contribution is 5.98. The number of nitrogens with zero attached hydrogens (tertiary/aromatic N) is 1. The van der Waals surface area contributed by atoms with Crippen molar-refractivity contribution in [1.29, 1.82) is 0 Å². The van der Waals surface area contributed by atoms with Gasteiger partial charge >= 0.3 is 5.97 Å². The zero-order valence-electron chi connectivity index (χ0n) is 14.5. The fourth-order valence-electron chi connectivity index (χ4n) is 2.91. The molecule has 0 aliphatic carbocycles. The molecule has 1 heterocycles. The number of benzene rings is 2. The van der Waals surface area contributed by atoms with Gasteiger partial charge in [-0.1, -0.05) is 30.3 Å². The highest BCUT2D eigenvalue weighted by Crippen LogP contribution is 2.28. The van der Waals surface area contributed by atoms with Crippen molar-refractivity contribution in [3.8, 4) is 0 Å². The smallest absolute Gasteiger partial charge is 0.325 e. The number of carbonyl (C=O) groups is 3. The summed E-state index contributed by atoms with van der Waals surface area (Å²) in [5.74, 6) is -0.848. The van der Waals surface area contributed by atoms with Gasteiger partial charge < -0.3 is 15.0 Å². The molecule has 0 unspecified atom stereocenters. The quantitative estimate of drug-likeness (QED) is 0.836. The molecule has 26 heavy (non-hydrogen) atoms. The average Bonchev–Trinajstić information content (AvgIpc) is 3.08. The van der Waals surface area contributed by atoms with E-state index in [-0.39, 0.29) is 25.0 Å². The lowest BCUT2D eigenvalue weighted by atomic mass is 10.1. The lowest BCUT2D eigenvalue weighted by Crippen LogP contribution is -2.30. The molecule has 134 valence electrons. The van der Waals surface area contributed by atoms with Crippen molar-refractivity contribution >= 4 is 23.5 Å². The van der Waals surface area contributed by atoms with Gasteiger partial charge in [0.05, 0.1) is 0 Å². The van der Waals surface area contributed by atoms with Crippen LogP contribution in [0.1, 0.15) is 28.4 Å². The van der Waals surface area contributed by atoms with Gasteiger partial charge in [-0.25, -0.2) is 0 Å².